The Kier molecular flexibility index (Phi) is 4.10. The van der Waals surface area contributed by atoms with Gasteiger partial charge in [-0.2, -0.15) is 0 Å². The van der Waals surface area contributed by atoms with Gasteiger partial charge in [-0.3, -0.25) is 4.79 Å². The predicted molar refractivity (Wildman–Crippen MR) is 56.1 cm³/mol. The summed E-state index contributed by atoms with van der Waals surface area (Å²) < 4.78 is 23.1. The summed E-state index contributed by atoms with van der Waals surface area (Å²) in [6, 6.07) is 0. The molecule has 1 amide bonds. The van der Waals surface area contributed by atoms with Crippen LogP contribution in [-0.4, -0.2) is 43.1 Å². The minimum absolute atomic E-state index is 0.0970. The zero-order valence-electron chi connectivity index (χ0n) is 8.77. The van der Waals surface area contributed by atoms with Crippen LogP contribution in [0.5, 0.6) is 0 Å². The first kappa shape index (κ1) is 12.4. The lowest BCUT2D eigenvalue weighted by atomic mass is 10.2. The van der Waals surface area contributed by atoms with E-state index >= 15 is 0 Å². The van der Waals surface area contributed by atoms with Crippen molar-refractivity contribution in [1.82, 2.24) is 5.32 Å². The van der Waals surface area contributed by atoms with Crippen molar-refractivity contribution >= 4 is 15.7 Å². The maximum Gasteiger partial charge on any atom is 0.238 e. The quantitative estimate of drug-likeness (QED) is 0.687. The van der Waals surface area contributed by atoms with Gasteiger partial charge in [-0.1, -0.05) is 6.42 Å². The van der Waals surface area contributed by atoms with Crippen molar-refractivity contribution in [3.8, 4) is 0 Å². The number of carbonyl (C=O) groups is 1. The van der Waals surface area contributed by atoms with Crippen LogP contribution < -0.4 is 5.32 Å². The van der Waals surface area contributed by atoms with E-state index < -0.39 is 27.1 Å². The van der Waals surface area contributed by atoms with Crippen molar-refractivity contribution in [3.63, 3.8) is 0 Å². The molecule has 15 heavy (non-hydrogen) atoms. The molecule has 1 aliphatic heterocycles. The molecule has 5 nitrogen and oxygen atoms in total. The highest BCUT2D eigenvalue weighted by Crippen LogP contribution is 2.19. The van der Waals surface area contributed by atoms with E-state index in [0.29, 0.717) is 12.8 Å². The molecule has 0 bridgehead atoms. The first-order valence-corrected chi connectivity index (χ1v) is 6.82. The number of hydrogen-bond donors (Lipinski definition) is 2. The van der Waals surface area contributed by atoms with Crippen molar-refractivity contribution < 1.29 is 18.3 Å². The number of aliphatic hydroxyl groups excluding tert-OH is 1. The van der Waals surface area contributed by atoms with Gasteiger partial charge in [-0.05, 0) is 19.8 Å². The molecular weight excluding hydrogens is 218 g/mol. The summed E-state index contributed by atoms with van der Waals surface area (Å²) in [7, 11) is -3.26. The van der Waals surface area contributed by atoms with Gasteiger partial charge in [0, 0.05) is 6.54 Å². The van der Waals surface area contributed by atoms with Gasteiger partial charge in [0.2, 0.25) is 5.91 Å². The van der Waals surface area contributed by atoms with Gasteiger partial charge in [-0.25, -0.2) is 8.42 Å². The molecule has 0 aliphatic carbocycles. The minimum atomic E-state index is -3.26. The van der Waals surface area contributed by atoms with E-state index in [0.717, 1.165) is 6.42 Å². The van der Waals surface area contributed by atoms with Crippen LogP contribution in [0.2, 0.25) is 0 Å². The highest BCUT2D eigenvalue weighted by Gasteiger charge is 2.34. The monoisotopic (exact) mass is 235 g/mol. The van der Waals surface area contributed by atoms with Gasteiger partial charge >= 0.3 is 0 Å². The van der Waals surface area contributed by atoms with Crippen LogP contribution in [0.3, 0.4) is 0 Å². The third-order valence-electron chi connectivity index (χ3n) is 2.44. The second-order valence-electron chi connectivity index (χ2n) is 3.95. The molecule has 0 radical (unpaired) electrons. The Morgan fingerprint density at radius 1 is 1.53 bits per heavy atom. The Morgan fingerprint density at radius 2 is 2.20 bits per heavy atom. The van der Waals surface area contributed by atoms with Crippen LogP contribution in [-0.2, 0) is 14.6 Å². The molecule has 1 saturated heterocycles. The lowest BCUT2D eigenvalue weighted by Gasteiger charge is -2.21. The molecule has 0 aromatic rings. The number of amides is 1. The maximum absolute atomic E-state index is 11.5. The fourth-order valence-corrected chi connectivity index (χ4v) is 3.44. The molecule has 6 heteroatoms. The normalized spacial score (nSPS) is 26.9. The highest BCUT2D eigenvalue weighted by molar-refractivity contribution is 7.92. The second-order valence-corrected chi connectivity index (χ2v) is 6.25. The molecule has 0 spiro atoms. The summed E-state index contributed by atoms with van der Waals surface area (Å²) in [6.45, 7) is 1.64. The maximum atomic E-state index is 11.5. The first-order valence-electron chi connectivity index (χ1n) is 5.11. The zero-order chi connectivity index (χ0) is 11.5. The molecule has 0 saturated carbocycles. The van der Waals surface area contributed by atoms with E-state index in [9.17, 15) is 13.2 Å². The largest absolute Gasteiger partial charge is 0.392 e. The number of sulfone groups is 1. The highest BCUT2D eigenvalue weighted by atomic mass is 32.2. The summed E-state index contributed by atoms with van der Waals surface area (Å²) in [5, 5.41) is 10.5. The molecule has 0 aromatic heterocycles. The fourth-order valence-electron chi connectivity index (χ4n) is 1.61. The van der Waals surface area contributed by atoms with Crippen LogP contribution in [0.15, 0.2) is 0 Å². The summed E-state index contributed by atoms with van der Waals surface area (Å²) in [5.41, 5.74) is 0. The smallest absolute Gasteiger partial charge is 0.238 e. The van der Waals surface area contributed by atoms with Gasteiger partial charge < -0.3 is 10.4 Å². The second kappa shape index (κ2) is 4.94. The van der Waals surface area contributed by atoms with Crippen LogP contribution in [0.1, 0.15) is 26.2 Å². The lowest BCUT2D eigenvalue weighted by Crippen LogP contribution is -2.44. The number of rotatable bonds is 3. The number of aliphatic hydroxyl groups is 1. The van der Waals surface area contributed by atoms with Crippen LogP contribution in [0.25, 0.3) is 0 Å². The van der Waals surface area contributed by atoms with Gasteiger partial charge in [0.25, 0.3) is 0 Å². The average Bonchev–Trinajstić information content (AvgIpc) is 2.13. The van der Waals surface area contributed by atoms with Gasteiger partial charge in [0.05, 0.1) is 11.9 Å². The van der Waals surface area contributed by atoms with Crippen LogP contribution in [0, 0.1) is 0 Å². The Hall–Kier alpha value is -0.620. The first-order chi connectivity index (χ1) is 6.93. The minimum Gasteiger partial charge on any atom is -0.392 e. The molecule has 1 fully saturated rings. The Labute approximate surface area is 89.8 Å². The molecule has 0 aromatic carbocycles. The van der Waals surface area contributed by atoms with Crippen molar-refractivity contribution in [1.29, 1.82) is 0 Å². The Bertz CT molecular complexity index is 323. The molecule has 88 valence electrons. The van der Waals surface area contributed by atoms with Crippen LogP contribution >= 0.6 is 0 Å². The lowest BCUT2D eigenvalue weighted by molar-refractivity contribution is -0.121. The van der Waals surface area contributed by atoms with E-state index in [4.69, 9.17) is 5.11 Å². The zero-order valence-corrected chi connectivity index (χ0v) is 9.59. The third-order valence-corrected chi connectivity index (χ3v) is 4.62. The standard InChI is InChI=1S/C9H17NO4S/c1-7(11)6-10-9(12)8-4-2-3-5-15(8,13)14/h7-8,11H,2-6H2,1H3,(H,10,12)/t7-,8?/m0/s1. The molecule has 1 rings (SSSR count). The third kappa shape index (κ3) is 3.46. The van der Waals surface area contributed by atoms with E-state index in [-0.39, 0.29) is 12.3 Å². The van der Waals surface area contributed by atoms with Crippen molar-refractivity contribution in [2.24, 2.45) is 0 Å². The molecule has 2 N–H and O–H groups in total. The van der Waals surface area contributed by atoms with Crippen molar-refractivity contribution in [2.45, 2.75) is 37.5 Å². The average molecular weight is 235 g/mol. The number of hydrogen-bond acceptors (Lipinski definition) is 4. The SMILES string of the molecule is C[C@H](O)CNC(=O)C1CCCCS1(=O)=O. The van der Waals surface area contributed by atoms with Gasteiger partial charge in [-0.15, -0.1) is 0 Å². The molecule has 2 atom stereocenters. The Balaban J connectivity index is 2.58. The van der Waals surface area contributed by atoms with Crippen LogP contribution in [0.4, 0.5) is 0 Å². The predicted octanol–water partition coefficient (Wildman–Crippen LogP) is -0.549. The van der Waals surface area contributed by atoms with Gasteiger partial charge in [0.15, 0.2) is 9.84 Å². The van der Waals surface area contributed by atoms with E-state index in [2.05, 4.69) is 5.32 Å². The summed E-state index contributed by atoms with van der Waals surface area (Å²) >= 11 is 0. The molecular formula is C9H17NO4S. The summed E-state index contributed by atoms with van der Waals surface area (Å²) in [5.74, 6) is -0.379. The topological polar surface area (TPSA) is 83.5 Å². The molecule has 1 unspecified atom stereocenters. The van der Waals surface area contributed by atoms with E-state index in [1.54, 1.807) is 0 Å². The van der Waals surface area contributed by atoms with Gasteiger partial charge in [0.1, 0.15) is 5.25 Å². The van der Waals surface area contributed by atoms with Crippen molar-refractivity contribution in [3.05, 3.63) is 0 Å². The Morgan fingerprint density at radius 3 is 2.73 bits per heavy atom. The summed E-state index contributed by atoms with van der Waals surface area (Å²) in [6.07, 6.45) is 1.16. The van der Waals surface area contributed by atoms with Crippen molar-refractivity contribution in [2.75, 3.05) is 12.3 Å². The number of nitrogens with one attached hydrogen (secondary N) is 1. The van der Waals surface area contributed by atoms with E-state index in [1.807, 2.05) is 0 Å². The molecule has 1 aliphatic rings. The fraction of sp³-hybridized carbons (Fsp3) is 0.889. The van der Waals surface area contributed by atoms with E-state index in [1.165, 1.54) is 6.92 Å². The molecule has 1 heterocycles. The summed E-state index contributed by atoms with van der Waals surface area (Å²) in [4.78, 5) is 11.5. The number of carbonyl (C=O) groups excluding carboxylic acids is 1.